The van der Waals surface area contributed by atoms with E-state index in [0.717, 1.165) is 17.6 Å². The third-order valence-electron chi connectivity index (χ3n) is 3.76. The van der Waals surface area contributed by atoms with Crippen molar-refractivity contribution in [1.29, 1.82) is 0 Å². The lowest BCUT2D eigenvalue weighted by Crippen LogP contribution is -2.17. The van der Waals surface area contributed by atoms with Crippen LogP contribution in [0.4, 0.5) is 5.69 Å². The van der Waals surface area contributed by atoms with Crippen LogP contribution in [0.2, 0.25) is 0 Å². The third kappa shape index (κ3) is 3.20. The minimum absolute atomic E-state index is 0.177. The first-order valence-corrected chi connectivity index (χ1v) is 9.95. The summed E-state index contributed by atoms with van der Waals surface area (Å²) in [7, 11) is -1.68. The molecule has 1 aromatic carbocycles. The maximum absolute atomic E-state index is 12.5. The van der Waals surface area contributed by atoms with Crippen molar-refractivity contribution in [1.82, 2.24) is 9.55 Å². The number of nitrogens with one attached hydrogen (secondary N) is 1. The van der Waals surface area contributed by atoms with Crippen LogP contribution < -0.4 is 10.9 Å². The molecule has 0 aliphatic carbocycles. The third-order valence-corrected chi connectivity index (χ3v) is 6.08. The van der Waals surface area contributed by atoms with E-state index in [9.17, 15) is 18.0 Å². The molecule has 9 heteroatoms. The summed E-state index contributed by atoms with van der Waals surface area (Å²) in [6.45, 7) is 1.71. The molecule has 3 aromatic rings. The Kier molecular flexibility index (Phi) is 4.21. The van der Waals surface area contributed by atoms with Crippen molar-refractivity contribution in [3.63, 3.8) is 0 Å². The molecule has 0 spiro atoms. The van der Waals surface area contributed by atoms with Gasteiger partial charge in [-0.05, 0) is 36.8 Å². The number of hydrogen-bond acceptors (Lipinski definition) is 6. The number of aryl methyl sites for hydroxylation is 2. The van der Waals surface area contributed by atoms with Gasteiger partial charge in [0.15, 0.2) is 9.84 Å². The van der Waals surface area contributed by atoms with Gasteiger partial charge in [-0.1, -0.05) is 0 Å². The van der Waals surface area contributed by atoms with Crippen LogP contribution in [-0.4, -0.2) is 30.1 Å². The molecule has 1 amide bonds. The molecule has 2 heterocycles. The first kappa shape index (κ1) is 17.3. The predicted molar refractivity (Wildman–Crippen MR) is 97.1 cm³/mol. The van der Waals surface area contributed by atoms with E-state index in [1.807, 2.05) is 0 Å². The molecule has 2 aromatic heterocycles. The van der Waals surface area contributed by atoms with Crippen LogP contribution in [0.3, 0.4) is 0 Å². The number of anilines is 1. The molecular weight excluding hydrogens is 362 g/mol. The average molecular weight is 377 g/mol. The van der Waals surface area contributed by atoms with E-state index in [0.29, 0.717) is 26.3 Å². The highest BCUT2D eigenvalue weighted by atomic mass is 32.2. The number of carbonyl (C=O) groups is 1. The first-order valence-electron chi connectivity index (χ1n) is 7.24. The van der Waals surface area contributed by atoms with Gasteiger partial charge in [-0.25, -0.2) is 13.4 Å². The molecule has 3 rings (SSSR count). The number of hydrogen-bond donors (Lipinski definition) is 1. The molecule has 1 N–H and O–H groups in total. The number of aromatic nitrogens is 2. The number of sulfone groups is 1. The molecule has 0 saturated carbocycles. The number of nitrogens with zero attached hydrogens (tertiary/aromatic N) is 2. The molecule has 0 unspecified atom stereocenters. The van der Waals surface area contributed by atoms with E-state index in [1.165, 1.54) is 35.2 Å². The second-order valence-electron chi connectivity index (χ2n) is 5.65. The van der Waals surface area contributed by atoms with Crippen molar-refractivity contribution in [3.8, 4) is 0 Å². The molecule has 7 nitrogen and oxygen atoms in total. The maximum Gasteiger partial charge on any atom is 0.266 e. The van der Waals surface area contributed by atoms with E-state index in [1.54, 1.807) is 14.0 Å². The van der Waals surface area contributed by atoms with Crippen molar-refractivity contribution in [2.45, 2.75) is 11.8 Å². The summed E-state index contributed by atoms with van der Waals surface area (Å²) in [4.78, 5) is 30.0. The average Bonchev–Trinajstić information content (AvgIpc) is 2.88. The summed E-state index contributed by atoms with van der Waals surface area (Å²) in [6.07, 6.45) is 2.54. The van der Waals surface area contributed by atoms with Gasteiger partial charge in [-0.15, -0.1) is 11.3 Å². The van der Waals surface area contributed by atoms with Gasteiger partial charge < -0.3 is 9.88 Å². The molecule has 0 saturated heterocycles. The van der Waals surface area contributed by atoms with E-state index < -0.39 is 9.84 Å². The quantitative estimate of drug-likeness (QED) is 0.752. The van der Waals surface area contributed by atoms with Gasteiger partial charge in [-0.2, -0.15) is 0 Å². The minimum Gasteiger partial charge on any atom is -0.321 e. The fraction of sp³-hybridized carbons (Fsp3) is 0.188. The Morgan fingerprint density at radius 2 is 1.88 bits per heavy atom. The Bertz CT molecular complexity index is 1140. The lowest BCUT2D eigenvalue weighted by molar-refractivity contribution is 0.103. The van der Waals surface area contributed by atoms with Crippen molar-refractivity contribution in [2.24, 2.45) is 7.05 Å². The zero-order valence-corrected chi connectivity index (χ0v) is 15.4. The highest BCUT2D eigenvalue weighted by Gasteiger charge is 2.19. The Hall–Kier alpha value is -2.52. The van der Waals surface area contributed by atoms with E-state index in [2.05, 4.69) is 10.3 Å². The zero-order chi connectivity index (χ0) is 18.4. The van der Waals surface area contributed by atoms with Crippen molar-refractivity contribution < 1.29 is 13.2 Å². The highest BCUT2D eigenvalue weighted by molar-refractivity contribution is 7.90. The van der Waals surface area contributed by atoms with Crippen LogP contribution >= 0.6 is 11.3 Å². The summed E-state index contributed by atoms with van der Waals surface area (Å²) in [6, 6.07) is 5.91. The standard InChI is InChI=1S/C16H15N3O4S2/c1-9-12-15(17-8-19(2)16(12)21)24-13(9)14(20)18-10-4-6-11(7-5-10)25(3,22)23/h4-8H,1-3H3,(H,18,20). The van der Waals surface area contributed by atoms with Crippen LogP contribution in [0.1, 0.15) is 15.2 Å². The largest absolute Gasteiger partial charge is 0.321 e. The molecule has 0 aliphatic rings. The van der Waals surface area contributed by atoms with Crippen LogP contribution in [0.25, 0.3) is 10.2 Å². The summed E-state index contributed by atoms with van der Waals surface area (Å²) in [5.74, 6) is -0.366. The maximum atomic E-state index is 12.5. The number of amides is 1. The van der Waals surface area contributed by atoms with Gasteiger partial charge in [0.1, 0.15) is 4.83 Å². The Morgan fingerprint density at radius 1 is 1.24 bits per heavy atom. The smallest absolute Gasteiger partial charge is 0.266 e. The molecule has 25 heavy (non-hydrogen) atoms. The number of carbonyl (C=O) groups excluding carboxylic acids is 1. The summed E-state index contributed by atoms with van der Waals surface area (Å²) >= 11 is 1.15. The monoisotopic (exact) mass is 377 g/mol. The summed E-state index contributed by atoms with van der Waals surface area (Å²) in [5.41, 5.74) is 0.851. The lowest BCUT2D eigenvalue weighted by Gasteiger charge is -2.05. The first-order chi connectivity index (χ1) is 11.7. The zero-order valence-electron chi connectivity index (χ0n) is 13.7. The topological polar surface area (TPSA) is 98.1 Å². The van der Waals surface area contributed by atoms with Crippen molar-refractivity contribution in [2.75, 3.05) is 11.6 Å². The normalized spacial score (nSPS) is 11.6. The number of thiophene rings is 1. The molecule has 0 radical (unpaired) electrons. The van der Waals surface area contributed by atoms with Crippen LogP contribution in [-0.2, 0) is 16.9 Å². The van der Waals surface area contributed by atoms with E-state index in [-0.39, 0.29) is 16.4 Å². The van der Waals surface area contributed by atoms with Crippen LogP contribution in [0.5, 0.6) is 0 Å². The number of benzene rings is 1. The fourth-order valence-corrected chi connectivity index (χ4v) is 4.06. The lowest BCUT2D eigenvalue weighted by atomic mass is 10.2. The molecule has 0 fully saturated rings. The van der Waals surface area contributed by atoms with Crippen LogP contribution in [0.15, 0.2) is 40.3 Å². The highest BCUT2D eigenvalue weighted by Crippen LogP contribution is 2.27. The van der Waals surface area contributed by atoms with E-state index >= 15 is 0 Å². The SMILES string of the molecule is Cc1c(C(=O)Nc2ccc(S(C)(=O)=O)cc2)sc2ncn(C)c(=O)c12. The Morgan fingerprint density at radius 3 is 2.48 bits per heavy atom. The van der Waals surface area contributed by atoms with Gasteiger partial charge in [0.25, 0.3) is 11.5 Å². The number of rotatable bonds is 3. The van der Waals surface area contributed by atoms with E-state index in [4.69, 9.17) is 0 Å². The number of fused-ring (bicyclic) bond motifs is 1. The Balaban J connectivity index is 1.94. The summed E-state index contributed by atoms with van der Waals surface area (Å²) < 4.78 is 24.3. The van der Waals surface area contributed by atoms with Gasteiger partial charge >= 0.3 is 0 Å². The second-order valence-corrected chi connectivity index (χ2v) is 8.66. The molecule has 130 valence electrons. The van der Waals surface area contributed by atoms with Gasteiger partial charge in [0.05, 0.1) is 21.5 Å². The molecule has 0 aliphatic heterocycles. The van der Waals surface area contributed by atoms with Gasteiger partial charge in [0, 0.05) is 19.0 Å². The summed E-state index contributed by atoms with van der Waals surface area (Å²) in [5, 5.41) is 3.15. The van der Waals surface area contributed by atoms with Crippen LogP contribution in [0, 0.1) is 6.92 Å². The van der Waals surface area contributed by atoms with Crippen molar-refractivity contribution in [3.05, 3.63) is 51.4 Å². The van der Waals surface area contributed by atoms with Crippen molar-refractivity contribution >= 4 is 43.0 Å². The second kappa shape index (κ2) is 6.08. The van der Waals surface area contributed by atoms with Gasteiger partial charge in [0.2, 0.25) is 0 Å². The molecular formula is C16H15N3O4S2. The van der Waals surface area contributed by atoms with Gasteiger partial charge in [-0.3, -0.25) is 9.59 Å². The Labute approximate surface area is 147 Å². The predicted octanol–water partition coefficient (Wildman–Crippen LogP) is 1.96. The fourth-order valence-electron chi connectivity index (χ4n) is 2.40. The molecule has 0 bridgehead atoms. The minimum atomic E-state index is -3.29. The molecule has 0 atom stereocenters.